The predicted molar refractivity (Wildman–Crippen MR) is 69.1 cm³/mol. The number of rotatable bonds is 2. The maximum Gasteiger partial charge on any atom is 0.339 e. The Labute approximate surface area is 108 Å². The quantitative estimate of drug-likeness (QED) is 0.819. The number of benzene rings is 1. The van der Waals surface area contributed by atoms with Crippen molar-refractivity contribution >= 4 is 5.97 Å². The van der Waals surface area contributed by atoms with Gasteiger partial charge in [0, 0.05) is 12.7 Å². The van der Waals surface area contributed by atoms with Gasteiger partial charge in [-0.1, -0.05) is 6.92 Å². The van der Waals surface area contributed by atoms with Crippen LogP contribution in [0.1, 0.15) is 39.5 Å². The Morgan fingerprint density at radius 1 is 1.28 bits per heavy atom. The average Bonchev–Trinajstić information content (AvgIpc) is 2.78. The Balaban J connectivity index is 0.000000771. The fourth-order valence-corrected chi connectivity index (χ4v) is 2.47. The highest BCUT2D eigenvalue weighted by atomic mass is 16.5. The number of methoxy groups -OCH3 is 1. The molecule has 4 nitrogen and oxygen atoms in total. The fraction of sp³-hybridized carbons (Fsp3) is 0.500. The van der Waals surface area contributed by atoms with E-state index in [4.69, 9.17) is 14.6 Å². The molecule has 1 N–H and O–H groups in total. The van der Waals surface area contributed by atoms with E-state index in [1.54, 1.807) is 7.11 Å². The van der Waals surface area contributed by atoms with E-state index in [9.17, 15) is 4.79 Å². The van der Waals surface area contributed by atoms with Gasteiger partial charge in [-0.05, 0) is 37.0 Å². The molecule has 0 aromatic heterocycles. The molecule has 0 amide bonds. The summed E-state index contributed by atoms with van der Waals surface area (Å²) in [6.45, 7) is 6.39. The van der Waals surface area contributed by atoms with E-state index in [0.29, 0.717) is 6.61 Å². The molecule has 0 bridgehead atoms. The summed E-state index contributed by atoms with van der Waals surface area (Å²) in [4.78, 5) is 11.6. The van der Waals surface area contributed by atoms with Crippen LogP contribution in [0.25, 0.3) is 0 Å². The van der Waals surface area contributed by atoms with E-state index in [1.165, 1.54) is 0 Å². The highest BCUT2D eigenvalue weighted by Gasteiger charge is 2.29. The molecule has 0 aliphatic carbocycles. The number of fused-ring (bicyclic) bond motifs is 1. The number of carbonyl (C=O) groups is 1. The summed E-state index contributed by atoms with van der Waals surface area (Å²) >= 11 is 0. The van der Waals surface area contributed by atoms with Gasteiger partial charge in [0.15, 0.2) is 0 Å². The van der Waals surface area contributed by atoms with Crippen LogP contribution in [0.2, 0.25) is 0 Å². The first-order chi connectivity index (χ1) is 8.61. The van der Waals surface area contributed by atoms with Gasteiger partial charge in [-0.3, -0.25) is 0 Å². The molecule has 1 aromatic carbocycles. The number of ether oxygens (including phenoxy) is 2. The van der Waals surface area contributed by atoms with E-state index in [1.807, 2.05) is 13.8 Å². The molecule has 1 aromatic rings. The van der Waals surface area contributed by atoms with Crippen molar-refractivity contribution in [2.24, 2.45) is 0 Å². The van der Waals surface area contributed by atoms with Crippen molar-refractivity contribution in [1.82, 2.24) is 0 Å². The molecule has 4 heteroatoms. The normalized spacial score (nSPS) is 12.4. The largest absolute Gasteiger partial charge is 0.496 e. The van der Waals surface area contributed by atoms with Crippen molar-refractivity contribution in [1.29, 1.82) is 0 Å². The van der Waals surface area contributed by atoms with Gasteiger partial charge in [0.25, 0.3) is 0 Å². The smallest absolute Gasteiger partial charge is 0.339 e. The van der Waals surface area contributed by atoms with Gasteiger partial charge in [-0.2, -0.15) is 0 Å². The average molecular weight is 252 g/mol. The van der Waals surface area contributed by atoms with Crippen LogP contribution in [-0.2, 0) is 17.8 Å². The number of cyclic esters (lactones) is 1. The third kappa shape index (κ3) is 2.08. The number of esters is 1. The van der Waals surface area contributed by atoms with Crippen LogP contribution in [0.3, 0.4) is 0 Å². The van der Waals surface area contributed by atoms with E-state index < -0.39 is 0 Å². The lowest BCUT2D eigenvalue weighted by molar-refractivity contribution is 0.0534. The van der Waals surface area contributed by atoms with Gasteiger partial charge in [0.05, 0.1) is 12.7 Å². The van der Waals surface area contributed by atoms with Crippen LogP contribution in [0.15, 0.2) is 0 Å². The zero-order valence-corrected chi connectivity index (χ0v) is 11.6. The minimum absolute atomic E-state index is 0.201. The minimum atomic E-state index is -0.201. The zero-order valence-electron chi connectivity index (χ0n) is 11.6. The van der Waals surface area contributed by atoms with Crippen molar-refractivity contribution in [2.45, 2.75) is 33.8 Å². The van der Waals surface area contributed by atoms with Crippen molar-refractivity contribution < 1.29 is 19.4 Å². The number of aliphatic hydroxyl groups is 1. The number of aliphatic hydroxyl groups excluding tert-OH is 1. The molecular formula is C14H20O4. The second kappa shape index (κ2) is 5.87. The van der Waals surface area contributed by atoms with Crippen LogP contribution < -0.4 is 4.74 Å². The van der Waals surface area contributed by atoms with Crippen LogP contribution in [-0.4, -0.2) is 25.3 Å². The van der Waals surface area contributed by atoms with E-state index in [-0.39, 0.29) is 5.97 Å². The lowest BCUT2D eigenvalue weighted by Crippen LogP contribution is -2.05. The Bertz CT molecular complexity index is 464. The molecule has 0 radical (unpaired) electrons. The molecule has 0 saturated heterocycles. The van der Waals surface area contributed by atoms with Crippen LogP contribution in [0.5, 0.6) is 5.75 Å². The summed E-state index contributed by atoms with van der Waals surface area (Å²) in [7, 11) is 2.67. The molecule has 0 fully saturated rings. The van der Waals surface area contributed by atoms with Crippen molar-refractivity contribution in [3.63, 3.8) is 0 Å². The third-order valence-electron chi connectivity index (χ3n) is 3.31. The van der Waals surface area contributed by atoms with E-state index >= 15 is 0 Å². The molecule has 1 aliphatic heterocycles. The van der Waals surface area contributed by atoms with Gasteiger partial charge in [0.1, 0.15) is 12.4 Å². The summed E-state index contributed by atoms with van der Waals surface area (Å²) in [5.41, 5.74) is 4.87. The van der Waals surface area contributed by atoms with Crippen LogP contribution in [0, 0.1) is 13.8 Å². The first-order valence-electron chi connectivity index (χ1n) is 5.92. The third-order valence-corrected chi connectivity index (χ3v) is 3.31. The molecule has 0 spiro atoms. The lowest BCUT2D eigenvalue weighted by atomic mass is 9.92. The SMILES string of the molecule is CCc1c(C)c2c(c(C)c1OC)COC2=O.CO. The number of hydrogen-bond donors (Lipinski definition) is 1. The monoisotopic (exact) mass is 252 g/mol. The summed E-state index contributed by atoms with van der Waals surface area (Å²) in [5.74, 6) is 0.699. The Morgan fingerprint density at radius 2 is 1.89 bits per heavy atom. The van der Waals surface area contributed by atoms with E-state index in [2.05, 4.69) is 6.92 Å². The topological polar surface area (TPSA) is 55.8 Å². The van der Waals surface area contributed by atoms with Crippen molar-refractivity contribution in [2.75, 3.05) is 14.2 Å². The zero-order chi connectivity index (χ0) is 13.9. The van der Waals surface area contributed by atoms with Crippen LogP contribution in [0.4, 0.5) is 0 Å². The predicted octanol–water partition coefficient (Wildman–Crippen LogP) is 2.15. The number of hydrogen-bond acceptors (Lipinski definition) is 4. The molecule has 1 aliphatic rings. The molecule has 18 heavy (non-hydrogen) atoms. The molecule has 0 saturated carbocycles. The Morgan fingerprint density at radius 3 is 2.39 bits per heavy atom. The molecule has 0 atom stereocenters. The Hall–Kier alpha value is -1.55. The van der Waals surface area contributed by atoms with Crippen LogP contribution >= 0.6 is 0 Å². The van der Waals surface area contributed by atoms with Gasteiger partial charge in [-0.15, -0.1) is 0 Å². The lowest BCUT2D eigenvalue weighted by Gasteiger charge is -2.16. The summed E-state index contributed by atoms with van der Waals surface area (Å²) in [6.07, 6.45) is 0.858. The highest BCUT2D eigenvalue weighted by molar-refractivity contribution is 5.96. The molecule has 2 rings (SSSR count). The van der Waals surface area contributed by atoms with Crippen molar-refractivity contribution in [3.05, 3.63) is 27.8 Å². The molecule has 1 heterocycles. The standard InChI is InChI=1S/C13H16O3.CH4O/c1-5-9-7(2)11-10(6-16-13(11)14)8(3)12(9)15-4;1-2/h5-6H2,1-4H3;2H,1H3. The van der Waals surface area contributed by atoms with Gasteiger partial charge in [0.2, 0.25) is 0 Å². The van der Waals surface area contributed by atoms with Gasteiger partial charge in [-0.25, -0.2) is 4.79 Å². The summed E-state index contributed by atoms with van der Waals surface area (Å²) in [6, 6.07) is 0. The second-order valence-corrected chi connectivity index (χ2v) is 4.05. The molecule has 0 unspecified atom stereocenters. The van der Waals surface area contributed by atoms with Gasteiger partial charge >= 0.3 is 5.97 Å². The number of carbonyl (C=O) groups excluding carboxylic acids is 1. The first-order valence-corrected chi connectivity index (χ1v) is 5.92. The van der Waals surface area contributed by atoms with Crippen molar-refractivity contribution in [3.8, 4) is 5.75 Å². The summed E-state index contributed by atoms with van der Waals surface area (Å²) < 4.78 is 10.5. The van der Waals surface area contributed by atoms with E-state index in [0.717, 1.165) is 47.1 Å². The Kier molecular flexibility index (Phi) is 4.73. The maximum absolute atomic E-state index is 11.6. The highest BCUT2D eigenvalue weighted by Crippen LogP contribution is 2.37. The fourth-order valence-electron chi connectivity index (χ4n) is 2.47. The van der Waals surface area contributed by atoms with Gasteiger partial charge < -0.3 is 14.6 Å². The maximum atomic E-state index is 11.6. The second-order valence-electron chi connectivity index (χ2n) is 4.05. The molecule has 100 valence electrons. The first kappa shape index (κ1) is 14.5. The summed E-state index contributed by atoms with van der Waals surface area (Å²) in [5, 5.41) is 7.00. The molecular weight excluding hydrogens is 232 g/mol. The minimum Gasteiger partial charge on any atom is -0.496 e.